The number of hydrogen-bond acceptors (Lipinski definition) is 5. The molecule has 1 heterocycles. The van der Waals surface area contributed by atoms with Crippen LogP contribution in [0.5, 0.6) is 11.5 Å². The van der Waals surface area contributed by atoms with Crippen molar-refractivity contribution in [2.75, 3.05) is 12.8 Å². The van der Waals surface area contributed by atoms with E-state index in [1.807, 2.05) is 4.68 Å². The van der Waals surface area contributed by atoms with Crippen LogP contribution in [-0.4, -0.2) is 21.9 Å². The Labute approximate surface area is 112 Å². The molecule has 0 aliphatic heterocycles. The van der Waals surface area contributed by atoms with Gasteiger partial charge in [-0.2, -0.15) is 5.10 Å². The van der Waals surface area contributed by atoms with Gasteiger partial charge >= 0.3 is 0 Å². The molecule has 6 nitrogen and oxygen atoms in total. The third kappa shape index (κ3) is 3.15. The summed E-state index contributed by atoms with van der Waals surface area (Å²) in [6.45, 7) is 3.25. The Morgan fingerprint density at radius 2 is 2.21 bits per heavy atom. The first kappa shape index (κ1) is 13.2. The quantitative estimate of drug-likeness (QED) is 0.804. The van der Waals surface area contributed by atoms with Crippen LogP contribution in [-0.2, 0) is 13.2 Å². The summed E-state index contributed by atoms with van der Waals surface area (Å²) < 4.78 is 12.7. The lowest BCUT2D eigenvalue weighted by Crippen LogP contribution is -2.09. The maximum atomic E-state index is 5.86. The van der Waals surface area contributed by atoms with E-state index in [1.54, 1.807) is 25.3 Å². The fourth-order valence-corrected chi connectivity index (χ4v) is 1.71. The highest BCUT2D eigenvalue weighted by Gasteiger charge is 2.07. The van der Waals surface area contributed by atoms with Gasteiger partial charge in [-0.05, 0) is 18.6 Å². The van der Waals surface area contributed by atoms with E-state index in [1.165, 1.54) is 6.33 Å². The first-order chi connectivity index (χ1) is 9.24. The molecule has 1 aromatic heterocycles. The number of hydrogen-bond donors (Lipinski definition) is 1. The van der Waals surface area contributed by atoms with E-state index in [4.69, 9.17) is 15.2 Å². The van der Waals surface area contributed by atoms with Crippen LogP contribution in [0, 0.1) is 0 Å². The molecule has 6 heteroatoms. The number of anilines is 1. The molecule has 0 unspecified atom stereocenters. The van der Waals surface area contributed by atoms with E-state index in [0.717, 1.165) is 18.8 Å². The van der Waals surface area contributed by atoms with Crippen molar-refractivity contribution in [3.8, 4) is 11.5 Å². The molecule has 0 aliphatic rings. The van der Waals surface area contributed by atoms with E-state index in [9.17, 15) is 0 Å². The van der Waals surface area contributed by atoms with Gasteiger partial charge in [-0.1, -0.05) is 6.92 Å². The number of nitrogens with zero attached hydrogens (tertiary/aromatic N) is 3. The van der Waals surface area contributed by atoms with E-state index in [0.29, 0.717) is 23.8 Å². The van der Waals surface area contributed by atoms with Gasteiger partial charge in [0.25, 0.3) is 0 Å². The molecule has 0 saturated carbocycles. The van der Waals surface area contributed by atoms with Crippen LogP contribution in [0.25, 0.3) is 0 Å². The topological polar surface area (TPSA) is 75.2 Å². The van der Waals surface area contributed by atoms with Crippen molar-refractivity contribution in [2.24, 2.45) is 0 Å². The summed E-state index contributed by atoms with van der Waals surface area (Å²) in [7, 11) is 1.60. The molecule has 0 amide bonds. The molecule has 0 saturated heterocycles. The molecular weight excluding hydrogens is 244 g/mol. The van der Waals surface area contributed by atoms with Gasteiger partial charge < -0.3 is 15.2 Å². The maximum absolute atomic E-state index is 5.86. The first-order valence-corrected chi connectivity index (χ1v) is 6.17. The molecule has 1 aromatic carbocycles. The summed E-state index contributed by atoms with van der Waals surface area (Å²) in [6, 6.07) is 5.31. The smallest absolute Gasteiger partial charge is 0.164 e. The van der Waals surface area contributed by atoms with Gasteiger partial charge in [0.05, 0.1) is 12.8 Å². The average Bonchev–Trinajstić information content (AvgIpc) is 2.86. The van der Waals surface area contributed by atoms with Gasteiger partial charge in [-0.3, -0.25) is 0 Å². The van der Waals surface area contributed by atoms with Crippen molar-refractivity contribution in [3.05, 3.63) is 30.4 Å². The number of rotatable bonds is 6. The lowest BCUT2D eigenvalue weighted by molar-refractivity contribution is 0.286. The van der Waals surface area contributed by atoms with Crippen LogP contribution >= 0.6 is 0 Å². The summed E-state index contributed by atoms with van der Waals surface area (Å²) in [6.07, 6.45) is 2.53. The Morgan fingerprint density at radius 1 is 1.37 bits per heavy atom. The second-order valence-corrected chi connectivity index (χ2v) is 4.09. The normalized spacial score (nSPS) is 10.4. The number of methoxy groups -OCH3 is 1. The second-order valence-electron chi connectivity index (χ2n) is 4.09. The largest absolute Gasteiger partial charge is 0.497 e. The number of benzene rings is 1. The highest BCUT2D eigenvalue weighted by Crippen LogP contribution is 2.27. The van der Waals surface area contributed by atoms with Gasteiger partial charge in [-0.25, -0.2) is 9.67 Å². The number of aryl methyl sites for hydroxylation is 1. The predicted molar refractivity (Wildman–Crippen MR) is 72.1 cm³/mol. The van der Waals surface area contributed by atoms with Crippen LogP contribution < -0.4 is 15.2 Å². The zero-order chi connectivity index (χ0) is 13.7. The fraction of sp³-hybridized carbons (Fsp3) is 0.385. The molecule has 0 bridgehead atoms. The zero-order valence-electron chi connectivity index (χ0n) is 11.2. The Morgan fingerprint density at radius 3 is 2.95 bits per heavy atom. The van der Waals surface area contributed by atoms with Gasteiger partial charge in [0.1, 0.15) is 24.4 Å². The lowest BCUT2D eigenvalue weighted by Gasteiger charge is -2.10. The molecule has 0 fully saturated rings. The zero-order valence-corrected chi connectivity index (χ0v) is 11.2. The van der Waals surface area contributed by atoms with Crippen molar-refractivity contribution < 1.29 is 9.47 Å². The number of ether oxygens (including phenoxy) is 2. The molecule has 0 aliphatic carbocycles. The SMILES string of the molecule is CCCn1ncnc1COc1cc(OC)ccc1N. The van der Waals surface area contributed by atoms with Crippen molar-refractivity contribution in [2.45, 2.75) is 26.5 Å². The van der Waals surface area contributed by atoms with E-state index in [2.05, 4.69) is 17.0 Å². The Bertz CT molecular complexity index is 539. The van der Waals surface area contributed by atoms with E-state index in [-0.39, 0.29) is 0 Å². The predicted octanol–water partition coefficient (Wildman–Crippen LogP) is 1.86. The Balaban J connectivity index is 2.07. The minimum atomic E-state index is 0.331. The monoisotopic (exact) mass is 262 g/mol. The van der Waals surface area contributed by atoms with E-state index >= 15 is 0 Å². The Hall–Kier alpha value is -2.24. The lowest BCUT2D eigenvalue weighted by atomic mass is 10.3. The van der Waals surface area contributed by atoms with Crippen molar-refractivity contribution in [1.82, 2.24) is 14.8 Å². The van der Waals surface area contributed by atoms with Crippen LogP contribution in [0.1, 0.15) is 19.2 Å². The highest BCUT2D eigenvalue weighted by atomic mass is 16.5. The third-order valence-electron chi connectivity index (χ3n) is 2.71. The van der Waals surface area contributed by atoms with Crippen molar-refractivity contribution >= 4 is 5.69 Å². The van der Waals surface area contributed by atoms with E-state index < -0.39 is 0 Å². The molecule has 102 valence electrons. The number of nitrogens with two attached hydrogens (primary N) is 1. The fourth-order valence-electron chi connectivity index (χ4n) is 1.71. The van der Waals surface area contributed by atoms with Crippen LogP contribution in [0.3, 0.4) is 0 Å². The summed E-state index contributed by atoms with van der Waals surface area (Å²) in [5, 5.41) is 4.14. The van der Waals surface area contributed by atoms with Crippen LogP contribution in [0.4, 0.5) is 5.69 Å². The summed E-state index contributed by atoms with van der Waals surface area (Å²) in [4.78, 5) is 4.18. The average molecular weight is 262 g/mol. The van der Waals surface area contributed by atoms with Crippen molar-refractivity contribution in [3.63, 3.8) is 0 Å². The van der Waals surface area contributed by atoms with Crippen LogP contribution in [0.15, 0.2) is 24.5 Å². The van der Waals surface area contributed by atoms with Crippen molar-refractivity contribution in [1.29, 1.82) is 0 Å². The highest BCUT2D eigenvalue weighted by molar-refractivity contribution is 5.55. The summed E-state index contributed by atoms with van der Waals surface area (Å²) in [5.41, 5.74) is 6.43. The molecule has 2 aromatic rings. The summed E-state index contributed by atoms with van der Waals surface area (Å²) in [5.74, 6) is 2.08. The van der Waals surface area contributed by atoms with Gasteiger partial charge in [0.15, 0.2) is 5.82 Å². The number of nitrogen functional groups attached to an aromatic ring is 1. The van der Waals surface area contributed by atoms with Gasteiger partial charge in [0.2, 0.25) is 0 Å². The third-order valence-corrected chi connectivity index (χ3v) is 2.71. The number of aromatic nitrogens is 3. The molecule has 0 atom stereocenters. The molecule has 0 radical (unpaired) electrons. The molecule has 0 spiro atoms. The van der Waals surface area contributed by atoms with Crippen LogP contribution in [0.2, 0.25) is 0 Å². The standard InChI is InChI=1S/C13H18N4O2/c1-3-6-17-13(15-9-16-17)8-19-12-7-10(18-2)4-5-11(12)14/h4-5,7,9H,3,6,8,14H2,1-2H3. The minimum Gasteiger partial charge on any atom is -0.497 e. The molecule has 19 heavy (non-hydrogen) atoms. The molecular formula is C13H18N4O2. The minimum absolute atomic E-state index is 0.331. The second kappa shape index (κ2) is 6.08. The molecule has 2 rings (SSSR count). The Kier molecular flexibility index (Phi) is 4.22. The maximum Gasteiger partial charge on any atom is 0.164 e. The van der Waals surface area contributed by atoms with Gasteiger partial charge in [0, 0.05) is 12.6 Å². The summed E-state index contributed by atoms with van der Waals surface area (Å²) >= 11 is 0. The van der Waals surface area contributed by atoms with Gasteiger partial charge in [-0.15, -0.1) is 0 Å². The molecule has 2 N–H and O–H groups in total. The first-order valence-electron chi connectivity index (χ1n) is 6.17.